The second-order valence-electron chi connectivity index (χ2n) is 6.34. The Balaban J connectivity index is 1.72. The van der Waals surface area contributed by atoms with Crippen LogP contribution < -0.4 is 4.90 Å². The molecule has 1 atom stereocenters. The molecule has 0 saturated carbocycles. The normalized spacial score (nSPS) is 24.5. The smallest absolute Gasteiger partial charge is 0.253 e. The number of likely N-dealkylation sites (tertiary alicyclic amines) is 1. The first-order chi connectivity index (χ1) is 11.6. The highest BCUT2D eigenvalue weighted by Crippen LogP contribution is 2.31. The summed E-state index contributed by atoms with van der Waals surface area (Å²) in [5.74, 6) is -0.0488. The molecule has 2 fully saturated rings. The molecular formula is C18H24N2O4. The van der Waals surface area contributed by atoms with Crippen LogP contribution in [-0.2, 0) is 19.1 Å². The fourth-order valence-electron chi connectivity index (χ4n) is 3.40. The van der Waals surface area contributed by atoms with E-state index in [0.29, 0.717) is 19.7 Å². The first-order valence-corrected chi connectivity index (χ1v) is 8.48. The molecule has 0 N–H and O–H groups in total. The standard InChI is InChI=1S/C18H24N2O4/c1-2-23-11-16(21)19-10-6-9-18(13-19)14-20(17(22)12-24-18)15-7-4-3-5-8-15/h3-5,7-8H,2,6,9-14H2,1H3. The molecule has 6 heteroatoms. The Morgan fingerprint density at radius 1 is 1.29 bits per heavy atom. The van der Waals surface area contributed by atoms with E-state index in [1.807, 2.05) is 37.3 Å². The van der Waals surface area contributed by atoms with Crippen molar-refractivity contribution in [1.82, 2.24) is 4.90 Å². The fraction of sp³-hybridized carbons (Fsp3) is 0.556. The molecule has 24 heavy (non-hydrogen) atoms. The highest BCUT2D eigenvalue weighted by atomic mass is 16.5. The Morgan fingerprint density at radius 3 is 2.83 bits per heavy atom. The van der Waals surface area contributed by atoms with Crippen molar-refractivity contribution in [3.05, 3.63) is 30.3 Å². The van der Waals surface area contributed by atoms with Crippen molar-refractivity contribution in [2.24, 2.45) is 0 Å². The van der Waals surface area contributed by atoms with Gasteiger partial charge in [-0.1, -0.05) is 18.2 Å². The number of carbonyl (C=O) groups excluding carboxylic acids is 2. The number of para-hydroxylation sites is 1. The van der Waals surface area contributed by atoms with Crippen molar-refractivity contribution in [3.8, 4) is 0 Å². The maximum absolute atomic E-state index is 12.3. The monoisotopic (exact) mass is 332 g/mol. The van der Waals surface area contributed by atoms with Crippen molar-refractivity contribution < 1.29 is 19.1 Å². The van der Waals surface area contributed by atoms with Crippen LogP contribution in [0.2, 0.25) is 0 Å². The Bertz CT molecular complexity index is 592. The number of piperidine rings is 1. The van der Waals surface area contributed by atoms with E-state index in [-0.39, 0.29) is 25.0 Å². The molecule has 1 unspecified atom stereocenters. The summed E-state index contributed by atoms with van der Waals surface area (Å²) in [6.45, 7) is 4.27. The van der Waals surface area contributed by atoms with Gasteiger partial charge in [0.2, 0.25) is 5.91 Å². The number of morpholine rings is 1. The summed E-state index contributed by atoms with van der Waals surface area (Å²) in [7, 11) is 0. The number of hydrogen-bond donors (Lipinski definition) is 0. The van der Waals surface area contributed by atoms with Crippen LogP contribution in [0.5, 0.6) is 0 Å². The summed E-state index contributed by atoms with van der Waals surface area (Å²) < 4.78 is 11.2. The van der Waals surface area contributed by atoms with Gasteiger partial charge in [-0.2, -0.15) is 0 Å². The Hall–Kier alpha value is -1.92. The fourth-order valence-corrected chi connectivity index (χ4v) is 3.40. The minimum Gasteiger partial charge on any atom is -0.372 e. The molecule has 6 nitrogen and oxygen atoms in total. The summed E-state index contributed by atoms with van der Waals surface area (Å²) >= 11 is 0. The molecule has 2 heterocycles. The SMILES string of the molecule is CCOCC(=O)N1CCCC2(C1)CN(c1ccccc1)C(=O)CO2. The van der Waals surface area contributed by atoms with Crippen molar-refractivity contribution in [2.45, 2.75) is 25.4 Å². The molecule has 2 aliphatic heterocycles. The van der Waals surface area contributed by atoms with Crippen LogP contribution >= 0.6 is 0 Å². The molecule has 1 aromatic rings. The molecule has 0 radical (unpaired) electrons. The molecule has 1 spiro atoms. The molecule has 3 rings (SSSR count). The van der Waals surface area contributed by atoms with Crippen LogP contribution in [0, 0.1) is 0 Å². The van der Waals surface area contributed by atoms with E-state index in [9.17, 15) is 9.59 Å². The van der Waals surface area contributed by atoms with E-state index in [0.717, 1.165) is 25.1 Å². The lowest BCUT2D eigenvalue weighted by Gasteiger charge is -2.47. The van der Waals surface area contributed by atoms with Crippen LogP contribution in [0.1, 0.15) is 19.8 Å². The molecule has 0 aliphatic carbocycles. The van der Waals surface area contributed by atoms with E-state index >= 15 is 0 Å². The van der Waals surface area contributed by atoms with Gasteiger partial charge in [0.1, 0.15) is 18.8 Å². The van der Waals surface area contributed by atoms with Crippen LogP contribution in [0.25, 0.3) is 0 Å². The lowest BCUT2D eigenvalue weighted by Crippen LogP contribution is -2.62. The number of nitrogens with zero attached hydrogens (tertiary/aromatic N) is 2. The predicted octanol–water partition coefficient (Wildman–Crippen LogP) is 1.45. The minimum atomic E-state index is -0.482. The van der Waals surface area contributed by atoms with Crippen molar-refractivity contribution in [1.29, 1.82) is 0 Å². The first-order valence-electron chi connectivity index (χ1n) is 8.48. The third-order valence-electron chi connectivity index (χ3n) is 4.64. The highest BCUT2D eigenvalue weighted by molar-refractivity contribution is 5.95. The largest absolute Gasteiger partial charge is 0.372 e. The quantitative estimate of drug-likeness (QED) is 0.837. The summed E-state index contributed by atoms with van der Waals surface area (Å²) in [6.07, 6.45) is 1.72. The van der Waals surface area contributed by atoms with E-state index in [4.69, 9.17) is 9.47 Å². The Morgan fingerprint density at radius 2 is 2.08 bits per heavy atom. The highest BCUT2D eigenvalue weighted by Gasteiger charge is 2.44. The van der Waals surface area contributed by atoms with Gasteiger partial charge in [0.15, 0.2) is 0 Å². The van der Waals surface area contributed by atoms with E-state index in [2.05, 4.69) is 0 Å². The number of ether oxygens (including phenoxy) is 2. The van der Waals surface area contributed by atoms with Crippen LogP contribution in [-0.4, -0.2) is 61.8 Å². The topological polar surface area (TPSA) is 59.1 Å². The van der Waals surface area contributed by atoms with Crippen LogP contribution in [0.15, 0.2) is 30.3 Å². The molecule has 2 amide bonds. The van der Waals surface area contributed by atoms with Gasteiger partial charge in [-0.15, -0.1) is 0 Å². The predicted molar refractivity (Wildman–Crippen MR) is 89.8 cm³/mol. The summed E-state index contributed by atoms with van der Waals surface area (Å²) in [5, 5.41) is 0. The molecule has 1 aromatic carbocycles. The van der Waals surface area contributed by atoms with Crippen LogP contribution in [0.4, 0.5) is 5.69 Å². The average molecular weight is 332 g/mol. The van der Waals surface area contributed by atoms with E-state index in [1.165, 1.54) is 0 Å². The molecule has 2 aliphatic rings. The zero-order chi connectivity index (χ0) is 17.0. The lowest BCUT2D eigenvalue weighted by atomic mass is 9.90. The first kappa shape index (κ1) is 16.9. The molecule has 2 saturated heterocycles. The lowest BCUT2D eigenvalue weighted by molar-refractivity contribution is -0.155. The zero-order valence-electron chi connectivity index (χ0n) is 14.1. The second-order valence-corrected chi connectivity index (χ2v) is 6.34. The number of carbonyl (C=O) groups is 2. The van der Waals surface area contributed by atoms with Gasteiger partial charge < -0.3 is 19.3 Å². The van der Waals surface area contributed by atoms with Gasteiger partial charge >= 0.3 is 0 Å². The van der Waals surface area contributed by atoms with Gasteiger partial charge in [0.25, 0.3) is 5.91 Å². The molecular weight excluding hydrogens is 308 g/mol. The van der Waals surface area contributed by atoms with Gasteiger partial charge in [-0.25, -0.2) is 0 Å². The Kier molecular flexibility index (Phi) is 5.16. The summed E-state index contributed by atoms with van der Waals surface area (Å²) in [6, 6.07) is 9.63. The number of rotatable bonds is 4. The maximum atomic E-state index is 12.3. The number of amides is 2. The van der Waals surface area contributed by atoms with Gasteiger partial charge in [-0.05, 0) is 31.9 Å². The maximum Gasteiger partial charge on any atom is 0.253 e. The zero-order valence-corrected chi connectivity index (χ0v) is 14.1. The van der Waals surface area contributed by atoms with E-state index in [1.54, 1.807) is 9.80 Å². The van der Waals surface area contributed by atoms with Crippen molar-refractivity contribution >= 4 is 17.5 Å². The van der Waals surface area contributed by atoms with Gasteiger partial charge in [0.05, 0.1) is 13.1 Å². The number of benzene rings is 1. The van der Waals surface area contributed by atoms with Crippen molar-refractivity contribution in [2.75, 3.05) is 44.4 Å². The van der Waals surface area contributed by atoms with Gasteiger partial charge in [-0.3, -0.25) is 9.59 Å². The molecule has 0 bridgehead atoms. The average Bonchev–Trinajstić information content (AvgIpc) is 2.63. The molecule has 0 aromatic heterocycles. The third-order valence-corrected chi connectivity index (χ3v) is 4.64. The third kappa shape index (κ3) is 3.60. The van der Waals surface area contributed by atoms with E-state index < -0.39 is 5.60 Å². The summed E-state index contributed by atoms with van der Waals surface area (Å²) in [4.78, 5) is 28.1. The summed E-state index contributed by atoms with van der Waals surface area (Å²) in [5.41, 5.74) is 0.395. The molecule has 130 valence electrons. The van der Waals surface area contributed by atoms with Gasteiger partial charge in [0, 0.05) is 18.8 Å². The van der Waals surface area contributed by atoms with Crippen LogP contribution in [0.3, 0.4) is 0 Å². The number of hydrogen-bond acceptors (Lipinski definition) is 4. The second kappa shape index (κ2) is 7.32. The van der Waals surface area contributed by atoms with Crippen molar-refractivity contribution in [3.63, 3.8) is 0 Å². The minimum absolute atomic E-state index is 0.0114. The number of anilines is 1. The Labute approximate surface area is 142 Å².